The lowest BCUT2D eigenvalue weighted by atomic mass is 10.1. The maximum Gasteiger partial charge on any atom is 0.252 e. The van der Waals surface area contributed by atoms with E-state index in [4.69, 9.17) is 4.74 Å². The van der Waals surface area contributed by atoms with Gasteiger partial charge in [-0.15, -0.1) is 10.2 Å². The number of methoxy groups -OCH3 is 1. The standard InChI is InChI=1S/C23H26N4O3S/c1-5-27-21(16(3)24-22(29)19-9-7-6-8-15(19)2)25-26-23(27)31-14-20(28)17-10-12-18(30-4)13-11-17/h6-13,16H,5,14H2,1-4H3,(H,24,29)/t16-/m1/s1. The number of nitrogens with zero attached hydrogens (tertiary/aromatic N) is 3. The zero-order valence-electron chi connectivity index (χ0n) is 18.1. The number of hydrogen-bond acceptors (Lipinski definition) is 6. The number of carbonyl (C=O) groups excluding carboxylic acids is 2. The van der Waals surface area contributed by atoms with Crippen molar-refractivity contribution in [2.45, 2.75) is 38.5 Å². The summed E-state index contributed by atoms with van der Waals surface area (Å²) in [4.78, 5) is 25.2. The number of benzene rings is 2. The molecule has 0 radical (unpaired) electrons. The SMILES string of the molecule is CCn1c(SCC(=O)c2ccc(OC)cc2)nnc1[C@@H](C)NC(=O)c1ccccc1C. The molecule has 0 saturated carbocycles. The fraction of sp³-hybridized carbons (Fsp3) is 0.304. The van der Waals surface area contributed by atoms with Gasteiger partial charge in [0.1, 0.15) is 5.75 Å². The second-order valence-electron chi connectivity index (χ2n) is 7.04. The van der Waals surface area contributed by atoms with Crippen LogP contribution >= 0.6 is 11.8 Å². The first kappa shape index (κ1) is 22.6. The molecule has 1 aromatic heterocycles. The van der Waals surface area contributed by atoms with Crippen molar-refractivity contribution in [1.29, 1.82) is 0 Å². The first-order chi connectivity index (χ1) is 14.9. The summed E-state index contributed by atoms with van der Waals surface area (Å²) in [7, 11) is 1.59. The largest absolute Gasteiger partial charge is 0.497 e. The Morgan fingerprint density at radius 3 is 2.48 bits per heavy atom. The van der Waals surface area contributed by atoms with Gasteiger partial charge in [-0.1, -0.05) is 30.0 Å². The van der Waals surface area contributed by atoms with Crippen LogP contribution in [0.1, 0.15) is 52.0 Å². The predicted molar refractivity (Wildman–Crippen MR) is 121 cm³/mol. The van der Waals surface area contributed by atoms with E-state index < -0.39 is 0 Å². The molecule has 0 bridgehead atoms. The number of amides is 1. The minimum Gasteiger partial charge on any atom is -0.497 e. The van der Waals surface area contributed by atoms with Crippen LogP contribution in [0.2, 0.25) is 0 Å². The first-order valence-corrected chi connectivity index (χ1v) is 11.0. The number of ether oxygens (including phenoxy) is 1. The summed E-state index contributed by atoms with van der Waals surface area (Å²) in [6.45, 7) is 6.40. The molecule has 0 aliphatic rings. The number of aryl methyl sites for hydroxylation is 1. The van der Waals surface area contributed by atoms with Crippen LogP contribution in [0.5, 0.6) is 5.75 Å². The molecule has 0 spiro atoms. The molecule has 3 aromatic rings. The number of hydrogen-bond donors (Lipinski definition) is 1. The summed E-state index contributed by atoms with van der Waals surface area (Å²) < 4.78 is 7.05. The van der Waals surface area contributed by atoms with Crippen molar-refractivity contribution in [2.24, 2.45) is 0 Å². The Balaban J connectivity index is 1.67. The second kappa shape index (κ2) is 10.3. The number of ketones is 1. The third-order valence-electron chi connectivity index (χ3n) is 4.93. The van der Waals surface area contributed by atoms with Crippen LogP contribution in [-0.4, -0.2) is 39.3 Å². The van der Waals surface area contributed by atoms with E-state index in [1.54, 1.807) is 37.4 Å². The smallest absolute Gasteiger partial charge is 0.252 e. The molecule has 1 atom stereocenters. The third-order valence-corrected chi connectivity index (χ3v) is 5.90. The number of nitrogens with one attached hydrogen (secondary N) is 1. The van der Waals surface area contributed by atoms with Gasteiger partial charge < -0.3 is 14.6 Å². The summed E-state index contributed by atoms with van der Waals surface area (Å²) in [5.41, 5.74) is 2.17. The van der Waals surface area contributed by atoms with Crippen LogP contribution in [0.25, 0.3) is 0 Å². The highest BCUT2D eigenvalue weighted by Gasteiger charge is 2.21. The Morgan fingerprint density at radius 2 is 1.84 bits per heavy atom. The molecule has 0 aliphatic heterocycles. The molecule has 3 rings (SSSR count). The van der Waals surface area contributed by atoms with Crippen molar-refractivity contribution < 1.29 is 14.3 Å². The van der Waals surface area contributed by atoms with Crippen LogP contribution in [0.4, 0.5) is 0 Å². The lowest BCUT2D eigenvalue weighted by molar-refractivity contribution is 0.0936. The van der Waals surface area contributed by atoms with Crippen molar-refractivity contribution in [2.75, 3.05) is 12.9 Å². The fourth-order valence-electron chi connectivity index (χ4n) is 3.18. The summed E-state index contributed by atoms with van der Waals surface area (Å²) in [6.07, 6.45) is 0. The number of aromatic nitrogens is 3. The molecule has 31 heavy (non-hydrogen) atoms. The van der Waals surface area contributed by atoms with Gasteiger partial charge in [-0.25, -0.2) is 0 Å². The van der Waals surface area contributed by atoms with Gasteiger partial charge in [-0.3, -0.25) is 9.59 Å². The molecule has 1 N–H and O–H groups in total. The summed E-state index contributed by atoms with van der Waals surface area (Å²) in [5, 5.41) is 12.2. The molecule has 0 fully saturated rings. The molecule has 8 heteroatoms. The van der Waals surface area contributed by atoms with Crippen molar-refractivity contribution in [3.63, 3.8) is 0 Å². The summed E-state index contributed by atoms with van der Waals surface area (Å²) >= 11 is 1.34. The molecule has 2 aromatic carbocycles. The van der Waals surface area contributed by atoms with Gasteiger partial charge in [0, 0.05) is 17.7 Å². The fourth-order valence-corrected chi connectivity index (χ4v) is 4.09. The maximum absolute atomic E-state index is 12.6. The van der Waals surface area contributed by atoms with E-state index in [9.17, 15) is 9.59 Å². The zero-order valence-corrected chi connectivity index (χ0v) is 18.9. The van der Waals surface area contributed by atoms with E-state index in [-0.39, 0.29) is 23.5 Å². The lowest BCUT2D eigenvalue weighted by Crippen LogP contribution is -2.29. The van der Waals surface area contributed by atoms with Crippen LogP contribution in [0.15, 0.2) is 53.7 Å². The van der Waals surface area contributed by atoms with Crippen molar-refractivity contribution in [1.82, 2.24) is 20.1 Å². The van der Waals surface area contributed by atoms with Gasteiger partial charge in [-0.05, 0) is 56.7 Å². The van der Waals surface area contributed by atoms with Crippen LogP contribution in [0.3, 0.4) is 0 Å². The lowest BCUT2D eigenvalue weighted by Gasteiger charge is -2.16. The van der Waals surface area contributed by atoms with E-state index in [2.05, 4.69) is 15.5 Å². The molecular formula is C23H26N4O3S. The molecule has 0 saturated heterocycles. The van der Waals surface area contributed by atoms with E-state index in [1.165, 1.54) is 11.8 Å². The van der Waals surface area contributed by atoms with E-state index in [0.717, 1.165) is 5.56 Å². The number of Topliss-reactive ketones (excluding diaryl/α,β-unsaturated/α-hetero) is 1. The van der Waals surface area contributed by atoms with Crippen LogP contribution < -0.4 is 10.1 Å². The van der Waals surface area contributed by atoms with Gasteiger partial charge in [0.15, 0.2) is 16.8 Å². The molecule has 7 nitrogen and oxygen atoms in total. The Bertz CT molecular complexity index is 1060. The normalized spacial score (nSPS) is 11.7. The minimum atomic E-state index is -0.328. The Hall–Kier alpha value is -3.13. The third kappa shape index (κ3) is 5.32. The molecule has 0 aliphatic carbocycles. The zero-order chi connectivity index (χ0) is 22.4. The highest BCUT2D eigenvalue weighted by molar-refractivity contribution is 7.99. The predicted octanol–water partition coefficient (Wildman–Crippen LogP) is 4.08. The Kier molecular flexibility index (Phi) is 7.46. The number of carbonyl (C=O) groups is 2. The average Bonchev–Trinajstić information content (AvgIpc) is 3.20. The highest BCUT2D eigenvalue weighted by atomic mass is 32.2. The summed E-state index contributed by atoms with van der Waals surface area (Å²) in [6, 6.07) is 14.2. The van der Waals surface area contributed by atoms with Crippen LogP contribution in [0, 0.1) is 6.92 Å². The highest BCUT2D eigenvalue weighted by Crippen LogP contribution is 2.22. The van der Waals surface area contributed by atoms with Gasteiger partial charge in [0.25, 0.3) is 5.91 Å². The van der Waals surface area contributed by atoms with E-state index in [0.29, 0.717) is 34.4 Å². The Labute approximate surface area is 186 Å². The molecule has 1 amide bonds. The topological polar surface area (TPSA) is 86.1 Å². The van der Waals surface area contributed by atoms with Gasteiger partial charge >= 0.3 is 0 Å². The van der Waals surface area contributed by atoms with Gasteiger partial charge in [-0.2, -0.15) is 0 Å². The van der Waals surface area contributed by atoms with Gasteiger partial charge in [0.05, 0.1) is 18.9 Å². The quantitative estimate of drug-likeness (QED) is 0.400. The first-order valence-electron chi connectivity index (χ1n) is 10.0. The number of rotatable bonds is 9. The van der Waals surface area contributed by atoms with E-state index >= 15 is 0 Å². The maximum atomic E-state index is 12.6. The van der Waals surface area contributed by atoms with Crippen LogP contribution in [-0.2, 0) is 6.54 Å². The number of thioether (sulfide) groups is 1. The molecule has 162 valence electrons. The second-order valence-corrected chi connectivity index (χ2v) is 7.98. The summed E-state index contributed by atoms with van der Waals surface area (Å²) in [5.74, 6) is 1.46. The van der Waals surface area contributed by atoms with E-state index in [1.807, 2.05) is 43.5 Å². The Morgan fingerprint density at radius 1 is 1.13 bits per heavy atom. The van der Waals surface area contributed by atoms with Crippen molar-refractivity contribution in [3.05, 3.63) is 71.0 Å². The molecular weight excluding hydrogens is 412 g/mol. The van der Waals surface area contributed by atoms with Crippen molar-refractivity contribution >= 4 is 23.5 Å². The van der Waals surface area contributed by atoms with Crippen molar-refractivity contribution in [3.8, 4) is 5.75 Å². The molecule has 0 unspecified atom stereocenters. The van der Waals surface area contributed by atoms with Gasteiger partial charge in [0.2, 0.25) is 0 Å². The average molecular weight is 439 g/mol. The molecule has 1 heterocycles. The minimum absolute atomic E-state index is 0.000704. The monoisotopic (exact) mass is 438 g/mol.